The largest absolute Gasteiger partial charge is 0.238 e. The molecule has 2 nitrogen and oxygen atoms in total. The highest BCUT2D eigenvalue weighted by atomic mass is 35.7. The summed E-state index contributed by atoms with van der Waals surface area (Å²) in [6.07, 6.45) is 4.27. The van der Waals surface area contributed by atoms with Crippen molar-refractivity contribution in [2.45, 2.75) is 43.8 Å². The SMILES string of the molecule is CCCCC1(S(=O)(=O)Cl)CC1. The summed E-state index contributed by atoms with van der Waals surface area (Å²) in [5, 5.41) is 0. The Balaban J connectivity index is 2.55. The van der Waals surface area contributed by atoms with Gasteiger partial charge in [0, 0.05) is 10.7 Å². The van der Waals surface area contributed by atoms with Gasteiger partial charge in [0.2, 0.25) is 9.05 Å². The van der Waals surface area contributed by atoms with Crippen molar-refractivity contribution in [1.82, 2.24) is 0 Å². The quantitative estimate of drug-likeness (QED) is 0.647. The molecule has 11 heavy (non-hydrogen) atoms. The van der Waals surface area contributed by atoms with Gasteiger partial charge in [0.25, 0.3) is 0 Å². The van der Waals surface area contributed by atoms with Crippen LogP contribution in [0.3, 0.4) is 0 Å². The molecule has 0 aliphatic heterocycles. The van der Waals surface area contributed by atoms with Crippen LogP contribution in [-0.2, 0) is 9.05 Å². The molecule has 0 aromatic rings. The van der Waals surface area contributed by atoms with Crippen molar-refractivity contribution in [3.8, 4) is 0 Å². The molecule has 0 heterocycles. The Morgan fingerprint density at radius 3 is 2.27 bits per heavy atom. The summed E-state index contributed by atoms with van der Waals surface area (Å²) in [5.74, 6) is 0. The maximum atomic E-state index is 11.0. The summed E-state index contributed by atoms with van der Waals surface area (Å²) in [4.78, 5) is 0. The minimum atomic E-state index is -3.29. The Hall–Kier alpha value is 0.240. The molecule has 0 aromatic heterocycles. The second-order valence-electron chi connectivity index (χ2n) is 3.22. The standard InChI is InChI=1S/C7H13ClO2S/c1-2-3-4-7(5-6-7)11(8,9)10/h2-6H2,1H3. The number of hydrogen-bond acceptors (Lipinski definition) is 2. The maximum Gasteiger partial charge on any atom is 0.238 e. The molecule has 0 radical (unpaired) electrons. The van der Waals surface area contributed by atoms with Crippen LogP contribution in [0.2, 0.25) is 0 Å². The Labute approximate surface area is 72.4 Å². The Bertz CT molecular complexity index is 229. The van der Waals surface area contributed by atoms with E-state index in [4.69, 9.17) is 10.7 Å². The lowest BCUT2D eigenvalue weighted by Gasteiger charge is -2.08. The van der Waals surface area contributed by atoms with E-state index in [0.717, 1.165) is 32.1 Å². The molecule has 0 saturated heterocycles. The molecule has 0 amide bonds. The minimum absolute atomic E-state index is 0.523. The van der Waals surface area contributed by atoms with Crippen molar-refractivity contribution in [3.05, 3.63) is 0 Å². The highest BCUT2D eigenvalue weighted by molar-refractivity contribution is 8.15. The average molecular weight is 197 g/mol. The van der Waals surface area contributed by atoms with Crippen molar-refractivity contribution in [3.63, 3.8) is 0 Å². The zero-order chi connectivity index (χ0) is 8.54. The van der Waals surface area contributed by atoms with Crippen molar-refractivity contribution in [2.24, 2.45) is 0 Å². The molecule has 0 aromatic carbocycles. The smallest absolute Gasteiger partial charge is 0.212 e. The van der Waals surface area contributed by atoms with Crippen molar-refractivity contribution in [2.75, 3.05) is 0 Å². The monoisotopic (exact) mass is 196 g/mol. The Morgan fingerprint density at radius 2 is 2.00 bits per heavy atom. The molecule has 0 atom stereocenters. The first-order chi connectivity index (χ1) is 5.02. The highest BCUT2D eigenvalue weighted by Gasteiger charge is 2.52. The van der Waals surface area contributed by atoms with Crippen LogP contribution in [0.4, 0.5) is 0 Å². The lowest BCUT2D eigenvalue weighted by Crippen LogP contribution is -2.17. The molecule has 1 fully saturated rings. The average Bonchev–Trinajstić information content (AvgIpc) is 2.61. The fourth-order valence-corrected chi connectivity index (χ4v) is 2.93. The van der Waals surface area contributed by atoms with Gasteiger partial charge in [-0.15, -0.1) is 0 Å². The van der Waals surface area contributed by atoms with Crippen molar-refractivity contribution >= 4 is 19.7 Å². The van der Waals surface area contributed by atoms with Gasteiger partial charge < -0.3 is 0 Å². The summed E-state index contributed by atoms with van der Waals surface area (Å²) in [7, 11) is 2.00. The topological polar surface area (TPSA) is 34.1 Å². The normalized spacial score (nSPS) is 21.6. The first-order valence-corrected chi connectivity index (χ1v) is 6.27. The molecule has 0 unspecified atom stereocenters. The van der Waals surface area contributed by atoms with Crippen LogP contribution < -0.4 is 0 Å². The van der Waals surface area contributed by atoms with Crippen molar-refractivity contribution in [1.29, 1.82) is 0 Å². The van der Waals surface area contributed by atoms with E-state index in [1.165, 1.54) is 0 Å². The van der Waals surface area contributed by atoms with Crippen LogP contribution in [0.1, 0.15) is 39.0 Å². The number of hydrogen-bond donors (Lipinski definition) is 0. The number of unbranched alkanes of at least 4 members (excludes halogenated alkanes) is 1. The molecule has 0 spiro atoms. The first kappa shape index (κ1) is 9.33. The van der Waals surface area contributed by atoms with E-state index in [0.29, 0.717) is 0 Å². The zero-order valence-corrected chi connectivity index (χ0v) is 8.21. The van der Waals surface area contributed by atoms with Crippen LogP contribution in [-0.4, -0.2) is 13.2 Å². The van der Waals surface area contributed by atoms with Crippen LogP contribution in [0.5, 0.6) is 0 Å². The fraction of sp³-hybridized carbons (Fsp3) is 1.00. The van der Waals surface area contributed by atoms with Crippen LogP contribution in [0.25, 0.3) is 0 Å². The predicted octanol–water partition coefficient (Wildman–Crippen LogP) is 2.28. The van der Waals surface area contributed by atoms with Gasteiger partial charge in [-0.1, -0.05) is 19.8 Å². The number of rotatable bonds is 4. The van der Waals surface area contributed by atoms with Gasteiger partial charge in [-0.2, -0.15) is 0 Å². The maximum absolute atomic E-state index is 11.0. The van der Waals surface area contributed by atoms with E-state index in [2.05, 4.69) is 6.92 Å². The summed E-state index contributed by atoms with van der Waals surface area (Å²) in [6, 6.07) is 0. The fourth-order valence-electron chi connectivity index (χ4n) is 1.25. The molecule has 4 heteroatoms. The molecule has 66 valence electrons. The molecule has 1 aliphatic rings. The summed E-state index contributed by atoms with van der Waals surface area (Å²) < 4.78 is 21.5. The van der Waals surface area contributed by atoms with Crippen LogP contribution >= 0.6 is 10.7 Å². The Kier molecular flexibility index (Phi) is 2.49. The number of halogens is 1. The van der Waals surface area contributed by atoms with Crippen LogP contribution in [0, 0.1) is 0 Å². The second-order valence-corrected chi connectivity index (χ2v) is 6.18. The zero-order valence-electron chi connectivity index (χ0n) is 6.64. The van der Waals surface area contributed by atoms with Gasteiger partial charge in [0.05, 0.1) is 4.75 Å². The van der Waals surface area contributed by atoms with Gasteiger partial charge in [0.1, 0.15) is 0 Å². The van der Waals surface area contributed by atoms with Gasteiger partial charge in [-0.3, -0.25) is 0 Å². The minimum Gasteiger partial charge on any atom is -0.212 e. The van der Waals surface area contributed by atoms with E-state index in [-0.39, 0.29) is 0 Å². The second kappa shape index (κ2) is 2.94. The molecule has 0 bridgehead atoms. The highest BCUT2D eigenvalue weighted by Crippen LogP contribution is 2.49. The summed E-state index contributed by atoms with van der Waals surface area (Å²) in [6.45, 7) is 2.05. The molecule has 0 N–H and O–H groups in total. The molecular formula is C7H13ClO2S. The lowest BCUT2D eigenvalue weighted by molar-refractivity contribution is 0.573. The molecule has 1 aliphatic carbocycles. The van der Waals surface area contributed by atoms with E-state index >= 15 is 0 Å². The molecule has 1 saturated carbocycles. The Morgan fingerprint density at radius 1 is 1.45 bits per heavy atom. The van der Waals surface area contributed by atoms with Crippen molar-refractivity contribution < 1.29 is 8.42 Å². The predicted molar refractivity (Wildman–Crippen MR) is 46.3 cm³/mol. The third-order valence-corrected chi connectivity index (χ3v) is 4.94. The van der Waals surface area contributed by atoms with Gasteiger partial charge >= 0.3 is 0 Å². The third-order valence-electron chi connectivity index (χ3n) is 2.31. The van der Waals surface area contributed by atoms with E-state index in [1.54, 1.807) is 0 Å². The van der Waals surface area contributed by atoms with E-state index < -0.39 is 13.8 Å². The molecule has 1 rings (SSSR count). The van der Waals surface area contributed by atoms with E-state index in [1.807, 2.05) is 0 Å². The third kappa shape index (κ3) is 1.88. The van der Waals surface area contributed by atoms with Gasteiger partial charge in [0.15, 0.2) is 0 Å². The van der Waals surface area contributed by atoms with Crippen LogP contribution in [0.15, 0.2) is 0 Å². The lowest BCUT2D eigenvalue weighted by atomic mass is 10.2. The first-order valence-electron chi connectivity index (χ1n) is 3.96. The van der Waals surface area contributed by atoms with Gasteiger partial charge in [-0.05, 0) is 19.3 Å². The molecular weight excluding hydrogens is 184 g/mol. The van der Waals surface area contributed by atoms with E-state index in [9.17, 15) is 8.42 Å². The summed E-state index contributed by atoms with van der Waals surface area (Å²) >= 11 is 0. The summed E-state index contributed by atoms with van der Waals surface area (Å²) in [5.41, 5.74) is 0. The van der Waals surface area contributed by atoms with Gasteiger partial charge in [-0.25, -0.2) is 8.42 Å².